The summed E-state index contributed by atoms with van der Waals surface area (Å²) < 4.78 is 46.2. The fourth-order valence-electron chi connectivity index (χ4n) is 2.20. The van der Waals surface area contributed by atoms with Crippen LogP contribution >= 0.6 is 0 Å². The molecule has 0 radical (unpaired) electrons. The summed E-state index contributed by atoms with van der Waals surface area (Å²) >= 11 is -6.83. The first kappa shape index (κ1) is 18.2. The van der Waals surface area contributed by atoms with Crippen molar-refractivity contribution in [2.45, 2.75) is 39.5 Å². The largest absolute Gasteiger partial charge is 1.04 e. The van der Waals surface area contributed by atoms with Gasteiger partial charge in [0, 0.05) is 19.4 Å². The van der Waals surface area contributed by atoms with Crippen LogP contribution in [0.1, 0.15) is 39.5 Å². The Morgan fingerprint density at radius 2 is 1.56 bits per heavy atom. The molecule has 0 atom stereocenters. The second kappa shape index (κ2) is 9.14. The lowest BCUT2D eigenvalue weighted by atomic mass is 10.3. The van der Waals surface area contributed by atoms with Crippen LogP contribution in [0.5, 0.6) is 0 Å². The van der Waals surface area contributed by atoms with Gasteiger partial charge >= 0.3 is 14.9 Å². The number of unbranched alkanes of at least 4 members (excludes halogenated alkanes) is 1. The lowest BCUT2D eigenvalue weighted by Crippen LogP contribution is -2.47. The molecule has 0 saturated carbocycles. The number of hydrogen-bond acceptors (Lipinski definition) is 1. The molecule has 0 N–H and O–H groups in total. The van der Waals surface area contributed by atoms with E-state index in [4.69, 9.17) is 4.74 Å². The van der Waals surface area contributed by atoms with E-state index in [-0.39, 0.29) is 0 Å². The number of quaternary nitrogens is 1. The molecule has 1 fully saturated rings. The van der Waals surface area contributed by atoms with Crippen molar-refractivity contribution >= 4 is 14.9 Å². The summed E-state index contributed by atoms with van der Waals surface area (Å²) in [5.74, 6) is 0. The summed E-state index contributed by atoms with van der Waals surface area (Å²) in [4.78, 5) is 0. The molecule has 2 nitrogen and oxygen atoms in total. The Balaban J connectivity index is 0.000000494. The van der Waals surface area contributed by atoms with Gasteiger partial charge in [0.25, 0.3) is 0 Å². The Hall–Kier alpha value is 0.172. The number of halogens is 4. The number of nitrogens with zero attached hydrogens (tertiary/aromatic N) is 1. The molecule has 1 heterocycles. The van der Waals surface area contributed by atoms with Crippen molar-refractivity contribution < 1.29 is 23.3 Å². The van der Waals surface area contributed by atoms with Crippen LogP contribution in [0, 0.1) is 0 Å². The van der Waals surface area contributed by atoms with Crippen LogP contribution in [0.15, 0.2) is 0 Å². The highest BCUT2D eigenvalue weighted by Gasteiger charge is 2.41. The smallest absolute Gasteiger partial charge is 0.510 e. The SMILES string of the molecule is CCCC[N+]1(COCC)CCCC1.[F][Al-]([F])([F])[F]. The molecule has 1 rings (SSSR count). The lowest BCUT2D eigenvalue weighted by Gasteiger charge is -2.33. The molecule has 1 saturated heterocycles. The molecule has 0 spiro atoms. The van der Waals surface area contributed by atoms with Gasteiger partial charge in [0.1, 0.15) is 0 Å². The molecule has 0 unspecified atom stereocenters. The monoisotopic (exact) mass is 289 g/mol. The molecule has 110 valence electrons. The van der Waals surface area contributed by atoms with E-state index in [0.717, 1.165) is 13.3 Å². The van der Waals surface area contributed by atoms with E-state index < -0.39 is 14.9 Å². The summed E-state index contributed by atoms with van der Waals surface area (Å²) in [6.07, 6.45) is 5.47. The highest BCUT2D eigenvalue weighted by atomic mass is 27.5. The highest BCUT2D eigenvalue weighted by molar-refractivity contribution is 6.50. The summed E-state index contributed by atoms with van der Waals surface area (Å²) in [5.41, 5.74) is 0. The van der Waals surface area contributed by atoms with Gasteiger partial charge in [0.15, 0.2) is 6.73 Å². The van der Waals surface area contributed by atoms with Crippen LogP contribution in [0.25, 0.3) is 0 Å². The van der Waals surface area contributed by atoms with E-state index in [1.165, 1.54) is 49.8 Å². The standard InChI is InChI=1S/C11H24NO.Al.4FH/c1-3-5-8-12(11-13-4-2)9-6-7-10-12;;;;;/h3-11H2,1-2H3;;4*1H/q+1;+3;;;;/p-4. The van der Waals surface area contributed by atoms with Crippen LogP contribution in [0.2, 0.25) is 0 Å². The summed E-state index contributed by atoms with van der Waals surface area (Å²) in [7, 11) is 0. The number of ether oxygens (including phenoxy) is 1. The third-order valence-corrected chi connectivity index (χ3v) is 3.07. The van der Waals surface area contributed by atoms with Crippen molar-refractivity contribution in [2.75, 3.05) is 33.0 Å². The lowest BCUT2D eigenvalue weighted by molar-refractivity contribution is -0.935. The average Bonchev–Trinajstić information content (AvgIpc) is 2.71. The van der Waals surface area contributed by atoms with Gasteiger partial charge in [-0.3, -0.25) is 0 Å². The van der Waals surface area contributed by atoms with E-state index in [0.29, 0.717) is 0 Å². The minimum absolute atomic E-state index is 0.867. The molecular formula is C11H24AlF4NO. The summed E-state index contributed by atoms with van der Waals surface area (Å²) in [6, 6.07) is 0. The predicted molar refractivity (Wildman–Crippen MR) is 65.7 cm³/mol. The van der Waals surface area contributed by atoms with Crippen molar-refractivity contribution in [2.24, 2.45) is 0 Å². The maximum Gasteiger partial charge on any atom is 1.04 e. The highest BCUT2D eigenvalue weighted by Crippen LogP contribution is 2.20. The molecule has 7 heteroatoms. The van der Waals surface area contributed by atoms with Gasteiger partial charge in [-0.1, -0.05) is 13.3 Å². The van der Waals surface area contributed by atoms with Gasteiger partial charge in [0.05, 0.1) is 19.6 Å². The van der Waals surface area contributed by atoms with E-state index in [9.17, 15) is 14.1 Å². The van der Waals surface area contributed by atoms with E-state index >= 15 is 0 Å². The second-order valence-electron chi connectivity index (χ2n) is 4.69. The minimum atomic E-state index is -6.83. The number of likely N-dealkylation sites (tertiary alicyclic amines) is 1. The van der Waals surface area contributed by atoms with Gasteiger partial charge in [-0.15, -0.1) is 0 Å². The minimum Gasteiger partial charge on any atom is -0.510 e. The first-order valence-corrected chi connectivity index (χ1v) is 8.38. The van der Waals surface area contributed by atoms with Gasteiger partial charge in [-0.05, 0) is 13.3 Å². The first-order valence-electron chi connectivity index (χ1n) is 6.63. The van der Waals surface area contributed by atoms with Gasteiger partial charge in [0.2, 0.25) is 0 Å². The van der Waals surface area contributed by atoms with Gasteiger partial charge < -0.3 is 23.3 Å². The van der Waals surface area contributed by atoms with Crippen molar-refractivity contribution in [1.82, 2.24) is 0 Å². The third-order valence-electron chi connectivity index (χ3n) is 3.07. The first-order chi connectivity index (χ1) is 8.33. The van der Waals surface area contributed by atoms with Crippen LogP contribution in [0.4, 0.5) is 14.1 Å². The molecule has 0 amide bonds. The Morgan fingerprint density at radius 3 is 1.94 bits per heavy atom. The van der Waals surface area contributed by atoms with Crippen molar-refractivity contribution in [3.05, 3.63) is 0 Å². The molecule has 0 aromatic heterocycles. The maximum atomic E-state index is 9.85. The normalized spacial score (nSPS) is 18.3. The molecule has 18 heavy (non-hydrogen) atoms. The molecule has 0 aromatic rings. The van der Waals surface area contributed by atoms with Crippen LogP contribution in [0.3, 0.4) is 0 Å². The van der Waals surface area contributed by atoms with Gasteiger partial charge in [-0.25, -0.2) is 0 Å². The fourth-order valence-corrected chi connectivity index (χ4v) is 2.20. The molecular weight excluding hydrogens is 265 g/mol. The Kier molecular flexibility index (Phi) is 9.22. The van der Waals surface area contributed by atoms with E-state index in [2.05, 4.69) is 13.8 Å². The zero-order valence-electron chi connectivity index (χ0n) is 11.3. The molecule has 0 aromatic carbocycles. The Labute approximate surface area is 111 Å². The quantitative estimate of drug-likeness (QED) is 0.411. The number of hydrogen-bond donors (Lipinski definition) is 0. The molecule has 1 aliphatic rings. The van der Waals surface area contributed by atoms with E-state index in [1.54, 1.807) is 0 Å². The van der Waals surface area contributed by atoms with Crippen molar-refractivity contribution in [3.63, 3.8) is 0 Å². The maximum absolute atomic E-state index is 9.85. The Morgan fingerprint density at radius 1 is 1.06 bits per heavy atom. The fraction of sp³-hybridized carbons (Fsp3) is 1.00. The third kappa shape index (κ3) is 10.1. The predicted octanol–water partition coefficient (Wildman–Crippen LogP) is 3.69. The summed E-state index contributed by atoms with van der Waals surface area (Å²) in [5, 5.41) is 0. The van der Waals surface area contributed by atoms with Crippen LogP contribution < -0.4 is 0 Å². The molecule has 0 aliphatic carbocycles. The Bertz CT molecular complexity index is 192. The van der Waals surface area contributed by atoms with Crippen molar-refractivity contribution in [1.29, 1.82) is 0 Å². The van der Waals surface area contributed by atoms with Crippen LogP contribution in [-0.2, 0) is 4.74 Å². The van der Waals surface area contributed by atoms with Crippen molar-refractivity contribution in [3.8, 4) is 0 Å². The molecule has 1 aliphatic heterocycles. The van der Waals surface area contributed by atoms with E-state index in [1.807, 2.05) is 0 Å². The zero-order chi connectivity index (χ0) is 14.1. The average molecular weight is 289 g/mol. The summed E-state index contributed by atoms with van der Waals surface area (Å²) in [6.45, 7) is 10.2. The zero-order valence-corrected chi connectivity index (χ0v) is 12.5. The number of rotatable bonds is 6. The topological polar surface area (TPSA) is 9.23 Å². The molecule has 0 bridgehead atoms. The second-order valence-corrected chi connectivity index (χ2v) is 5.68. The van der Waals surface area contributed by atoms with Crippen LogP contribution in [-0.4, -0.2) is 52.4 Å². The van der Waals surface area contributed by atoms with Gasteiger partial charge in [-0.2, -0.15) is 0 Å².